The van der Waals surface area contributed by atoms with E-state index in [1.807, 2.05) is 0 Å². The van der Waals surface area contributed by atoms with Crippen molar-refractivity contribution >= 4 is 5.71 Å². The molecule has 1 atom stereocenters. The van der Waals surface area contributed by atoms with Gasteiger partial charge in [0.25, 0.3) is 0 Å². The average molecular weight is 179 g/mol. The van der Waals surface area contributed by atoms with E-state index in [1.54, 1.807) is 0 Å². The molecule has 0 spiro atoms. The van der Waals surface area contributed by atoms with Gasteiger partial charge in [0.05, 0.1) is 5.71 Å². The fourth-order valence-electron chi connectivity index (χ4n) is 2.19. The Hall–Kier alpha value is 0.470. The Kier molecular flexibility index (Phi) is 4.82. The molecule has 2 nitrogen and oxygen atoms in total. The van der Waals surface area contributed by atoms with Crippen LogP contribution < -0.4 is 29.6 Å². The molecule has 3 heteroatoms. The van der Waals surface area contributed by atoms with Crippen LogP contribution in [0.4, 0.5) is 0 Å². The van der Waals surface area contributed by atoms with Crippen LogP contribution in [0.15, 0.2) is 5.16 Å². The molecule has 0 aromatic rings. The third-order valence-corrected chi connectivity index (χ3v) is 2.31. The van der Waals surface area contributed by atoms with Crippen LogP contribution in [0.5, 0.6) is 0 Å². The fraction of sp³-hybridized carbons (Fsp3) is 0.889. The van der Waals surface area contributed by atoms with Gasteiger partial charge in [-0.05, 0) is 30.6 Å². The molecule has 1 aliphatic carbocycles. The average Bonchev–Trinajstić information content (AvgIpc) is 1.83. The molecule has 1 N–H and O–H groups in total. The standard InChI is InChI=1S/C9H17NO.Na.H/c1-7-4-8(10-11)6-9(2,3)5-7;;/h7,11H,4-6H2,1-3H3;;/q;+1;-1/b10-8-;;. The number of oxime groups is 1. The molecular weight excluding hydrogens is 161 g/mol. The Labute approximate surface area is 98.2 Å². The van der Waals surface area contributed by atoms with Crippen molar-refractivity contribution in [2.45, 2.75) is 40.0 Å². The van der Waals surface area contributed by atoms with E-state index in [-0.39, 0.29) is 31.0 Å². The first kappa shape index (κ1) is 12.5. The summed E-state index contributed by atoms with van der Waals surface area (Å²) in [6.45, 7) is 6.67. The van der Waals surface area contributed by atoms with E-state index in [2.05, 4.69) is 25.9 Å². The molecule has 0 aliphatic heterocycles. The molecule has 1 rings (SSSR count). The first-order valence-electron chi connectivity index (χ1n) is 4.23. The quantitative estimate of drug-likeness (QED) is 0.311. The maximum atomic E-state index is 8.63. The molecule has 1 aliphatic rings. The van der Waals surface area contributed by atoms with Crippen LogP contribution in [-0.4, -0.2) is 10.9 Å². The van der Waals surface area contributed by atoms with Gasteiger partial charge in [-0.15, -0.1) is 0 Å². The molecule has 0 aromatic carbocycles. The summed E-state index contributed by atoms with van der Waals surface area (Å²) in [4.78, 5) is 0. The van der Waals surface area contributed by atoms with Gasteiger partial charge in [0.1, 0.15) is 0 Å². The monoisotopic (exact) mass is 179 g/mol. The van der Waals surface area contributed by atoms with Crippen molar-refractivity contribution < 1.29 is 36.2 Å². The smallest absolute Gasteiger partial charge is 1.00 e. The Bertz CT molecular complexity index is 182. The zero-order chi connectivity index (χ0) is 8.48. The van der Waals surface area contributed by atoms with Crippen LogP contribution in [0.25, 0.3) is 0 Å². The van der Waals surface area contributed by atoms with E-state index < -0.39 is 0 Å². The number of hydrogen-bond acceptors (Lipinski definition) is 2. The van der Waals surface area contributed by atoms with Crippen LogP contribution >= 0.6 is 0 Å². The van der Waals surface area contributed by atoms with Crippen molar-refractivity contribution in [1.82, 2.24) is 0 Å². The Morgan fingerprint density at radius 1 is 1.58 bits per heavy atom. The molecule has 12 heavy (non-hydrogen) atoms. The number of rotatable bonds is 0. The maximum absolute atomic E-state index is 8.63. The van der Waals surface area contributed by atoms with Gasteiger partial charge in [-0.1, -0.05) is 25.9 Å². The molecule has 66 valence electrons. The Morgan fingerprint density at radius 2 is 2.17 bits per heavy atom. The van der Waals surface area contributed by atoms with Gasteiger partial charge in [-0.25, -0.2) is 0 Å². The number of nitrogens with zero attached hydrogens (tertiary/aromatic N) is 1. The van der Waals surface area contributed by atoms with Gasteiger partial charge in [-0.2, -0.15) is 0 Å². The van der Waals surface area contributed by atoms with Gasteiger partial charge >= 0.3 is 29.6 Å². The molecule has 0 saturated heterocycles. The Balaban J connectivity index is 0. The largest absolute Gasteiger partial charge is 1.00 e. The molecule has 0 radical (unpaired) electrons. The van der Waals surface area contributed by atoms with Crippen molar-refractivity contribution in [1.29, 1.82) is 0 Å². The molecule has 1 saturated carbocycles. The first-order chi connectivity index (χ1) is 5.03. The van der Waals surface area contributed by atoms with Crippen LogP contribution in [-0.2, 0) is 0 Å². The minimum atomic E-state index is 0. The fourth-order valence-corrected chi connectivity index (χ4v) is 2.19. The third kappa shape index (κ3) is 3.46. The van der Waals surface area contributed by atoms with Gasteiger partial charge < -0.3 is 6.63 Å². The first-order valence-corrected chi connectivity index (χ1v) is 4.23. The maximum Gasteiger partial charge on any atom is 1.00 e. The van der Waals surface area contributed by atoms with Crippen molar-refractivity contribution in [3.63, 3.8) is 0 Å². The zero-order valence-electron chi connectivity index (χ0n) is 9.59. The Morgan fingerprint density at radius 3 is 2.58 bits per heavy atom. The van der Waals surface area contributed by atoms with Crippen LogP contribution in [0.3, 0.4) is 0 Å². The van der Waals surface area contributed by atoms with Crippen LogP contribution in [0.1, 0.15) is 41.5 Å². The van der Waals surface area contributed by atoms with Crippen molar-refractivity contribution in [3.05, 3.63) is 0 Å². The summed E-state index contributed by atoms with van der Waals surface area (Å²) in [6, 6.07) is 0. The normalized spacial score (nSPS) is 31.2. The summed E-state index contributed by atoms with van der Waals surface area (Å²) in [5.74, 6) is 0.671. The minimum absolute atomic E-state index is 0. The number of hydrogen-bond donors (Lipinski definition) is 1. The summed E-state index contributed by atoms with van der Waals surface area (Å²) < 4.78 is 0. The van der Waals surface area contributed by atoms with Gasteiger partial charge in [-0.3, -0.25) is 0 Å². The zero-order valence-corrected chi connectivity index (χ0v) is 10.6. The van der Waals surface area contributed by atoms with Crippen LogP contribution in [0, 0.1) is 11.3 Å². The van der Waals surface area contributed by atoms with Crippen molar-refractivity contribution in [2.24, 2.45) is 16.5 Å². The third-order valence-electron chi connectivity index (χ3n) is 2.31. The predicted octanol–water partition coefficient (Wildman–Crippen LogP) is -0.221. The van der Waals surface area contributed by atoms with E-state index in [0.29, 0.717) is 11.3 Å². The molecule has 0 aromatic heterocycles. The topological polar surface area (TPSA) is 32.6 Å². The second-order valence-electron chi connectivity index (χ2n) is 4.52. The van der Waals surface area contributed by atoms with Gasteiger partial charge in [0.2, 0.25) is 0 Å². The molecule has 1 unspecified atom stereocenters. The van der Waals surface area contributed by atoms with Crippen molar-refractivity contribution in [3.8, 4) is 0 Å². The van der Waals surface area contributed by atoms with E-state index >= 15 is 0 Å². The summed E-state index contributed by atoms with van der Waals surface area (Å²) >= 11 is 0. The second-order valence-corrected chi connectivity index (χ2v) is 4.52. The predicted molar refractivity (Wildman–Crippen MR) is 47.1 cm³/mol. The SMILES string of the molecule is CC1C/C(=N/O)CC(C)(C)C1.[H-].[Na+]. The summed E-state index contributed by atoms with van der Waals surface area (Å²) in [5, 5.41) is 11.9. The van der Waals surface area contributed by atoms with Gasteiger partial charge in [0, 0.05) is 0 Å². The van der Waals surface area contributed by atoms with E-state index in [0.717, 1.165) is 18.6 Å². The molecule has 0 amide bonds. The molecular formula is C9H18NNaO. The minimum Gasteiger partial charge on any atom is -1.00 e. The van der Waals surface area contributed by atoms with Gasteiger partial charge in [0.15, 0.2) is 0 Å². The van der Waals surface area contributed by atoms with Crippen molar-refractivity contribution in [2.75, 3.05) is 0 Å². The second kappa shape index (κ2) is 4.64. The molecule has 1 fully saturated rings. The summed E-state index contributed by atoms with van der Waals surface area (Å²) in [5.41, 5.74) is 1.30. The molecule has 0 heterocycles. The van der Waals surface area contributed by atoms with E-state index in [1.165, 1.54) is 6.42 Å². The summed E-state index contributed by atoms with van der Waals surface area (Å²) in [7, 11) is 0. The van der Waals surface area contributed by atoms with E-state index in [4.69, 9.17) is 5.21 Å². The summed E-state index contributed by atoms with van der Waals surface area (Å²) in [6.07, 6.45) is 3.17. The van der Waals surface area contributed by atoms with Crippen LogP contribution in [0.2, 0.25) is 0 Å². The van der Waals surface area contributed by atoms with E-state index in [9.17, 15) is 0 Å². The molecule has 0 bridgehead atoms.